The van der Waals surface area contributed by atoms with Crippen LogP contribution in [0.15, 0.2) is 29.4 Å². The van der Waals surface area contributed by atoms with Crippen molar-refractivity contribution in [2.75, 3.05) is 0 Å². The van der Waals surface area contributed by atoms with Crippen LogP contribution in [0.4, 0.5) is 13.2 Å². The fourth-order valence-electron chi connectivity index (χ4n) is 1.89. The van der Waals surface area contributed by atoms with Crippen LogP contribution in [-0.2, 0) is 11.6 Å². The highest BCUT2D eigenvalue weighted by atomic mass is 19.4. The van der Waals surface area contributed by atoms with Gasteiger partial charge >= 0.3 is 6.18 Å². The van der Waals surface area contributed by atoms with Gasteiger partial charge < -0.3 is 10.9 Å². The molecule has 0 radical (unpaired) electrons. The molecule has 1 aliphatic carbocycles. The second kappa shape index (κ2) is 3.65. The molecule has 0 heterocycles. The highest BCUT2D eigenvalue weighted by molar-refractivity contribution is 5.94. The Morgan fingerprint density at radius 1 is 1.24 bits per heavy atom. The maximum absolute atomic E-state index is 12.4. The number of amidine groups is 1. The van der Waals surface area contributed by atoms with Gasteiger partial charge in [0.05, 0.1) is 11.0 Å². The van der Waals surface area contributed by atoms with E-state index in [4.69, 9.17) is 10.9 Å². The molecular formula is C11H11F3N2O. The van der Waals surface area contributed by atoms with Gasteiger partial charge in [-0.15, -0.1) is 0 Å². The summed E-state index contributed by atoms with van der Waals surface area (Å²) in [5, 5.41) is 11.6. The number of benzene rings is 1. The Morgan fingerprint density at radius 2 is 1.76 bits per heavy atom. The molecule has 0 atom stereocenters. The quantitative estimate of drug-likeness (QED) is 0.363. The van der Waals surface area contributed by atoms with Crippen LogP contribution in [0.3, 0.4) is 0 Å². The summed E-state index contributed by atoms with van der Waals surface area (Å²) in [5.74, 6) is 0.0530. The fourth-order valence-corrected chi connectivity index (χ4v) is 1.89. The van der Waals surface area contributed by atoms with E-state index in [2.05, 4.69) is 5.16 Å². The Labute approximate surface area is 95.7 Å². The lowest BCUT2D eigenvalue weighted by Crippen LogP contribution is -2.28. The van der Waals surface area contributed by atoms with Crippen molar-refractivity contribution in [3.8, 4) is 0 Å². The van der Waals surface area contributed by atoms with E-state index in [9.17, 15) is 13.2 Å². The highest BCUT2D eigenvalue weighted by Gasteiger charge is 2.48. The third-order valence-electron chi connectivity index (χ3n) is 3.11. The fraction of sp³-hybridized carbons (Fsp3) is 0.364. The Kier molecular flexibility index (Phi) is 2.52. The summed E-state index contributed by atoms with van der Waals surface area (Å²) < 4.78 is 37.1. The van der Waals surface area contributed by atoms with E-state index in [1.54, 1.807) is 0 Å². The normalized spacial score (nSPS) is 19.1. The van der Waals surface area contributed by atoms with Crippen LogP contribution in [-0.4, -0.2) is 11.0 Å². The molecule has 3 N–H and O–H groups in total. The van der Waals surface area contributed by atoms with Gasteiger partial charge in [0.15, 0.2) is 0 Å². The molecule has 1 aliphatic rings. The molecule has 17 heavy (non-hydrogen) atoms. The summed E-state index contributed by atoms with van der Waals surface area (Å²) in [7, 11) is 0. The van der Waals surface area contributed by atoms with Gasteiger partial charge in [-0.3, -0.25) is 0 Å². The average molecular weight is 244 g/mol. The van der Waals surface area contributed by atoms with E-state index < -0.39 is 17.2 Å². The summed E-state index contributed by atoms with van der Waals surface area (Å²) in [6, 6.07) is 4.79. The number of nitrogens with two attached hydrogens (primary N) is 1. The maximum atomic E-state index is 12.4. The second-order valence-electron chi connectivity index (χ2n) is 4.14. The number of nitrogens with zero attached hydrogens (tertiary/aromatic N) is 1. The molecule has 0 unspecified atom stereocenters. The number of rotatable bonds is 2. The Hall–Kier alpha value is -1.72. The topological polar surface area (TPSA) is 58.6 Å². The van der Waals surface area contributed by atoms with Crippen molar-refractivity contribution in [2.24, 2.45) is 10.9 Å². The van der Waals surface area contributed by atoms with Gasteiger partial charge in [-0.1, -0.05) is 17.3 Å². The predicted octanol–water partition coefficient (Wildman–Crippen LogP) is 2.48. The standard InChI is InChI=1S/C11H11F3N2O/c12-11(13,14)8-3-1-7(2-4-8)10(5-6-10)9(15)16-17/h1-4,17H,5-6H2,(H2,15,16). The minimum Gasteiger partial charge on any atom is -0.409 e. The Balaban J connectivity index is 2.31. The van der Waals surface area contributed by atoms with Crippen molar-refractivity contribution in [3.05, 3.63) is 35.4 Å². The zero-order valence-corrected chi connectivity index (χ0v) is 8.83. The molecule has 0 spiro atoms. The average Bonchev–Trinajstić information content (AvgIpc) is 3.08. The molecule has 1 saturated carbocycles. The number of halogens is 3. The third-order valence-corrected chi connectivity index (χ3v) is 3.11. The smallest absolute Gasteiger partial charge is 0.409 e. The van der Waals surface area contributed by atoms with Gasteiger partial charge in [-0.2, -0.15) is 13.2 Å². The van der Waals surface area contributed by atoms with Gasteiger partial charge in [-0.25, -0.2) is 0 Å². The van der Waals surface area contributed by atoms with Crippen LogP contribution in [0, 0.1) is 0 Å². The number of oxime groups is 1. The maximum Gasteiger partial charge on any atom is 0.416 e. The first-order valence-corrected chi connectivity index (χ1v) is 5.06. The van der Waals surface area contributed by atoms with E-state index in [-0.39, 0.29) is 5.84 Å². The molecule has 6 heteroatoms. The molecule has 0 amide bonds. The monoisotopic (exact) mass is 244 g/mol. The van der Waals surface area contributed by atoms with Gasteiger partial charge in [0.25, 0.3) is 0 Å². The van der Waals surface area contributed by atoms with Gasteiger partial charge in [0.1, 0.15) is 5.84 Å². The molecule has 3 nitrogen and oxygen atoms in total. The zero-order chi connectivity index (χ0) is 12.7. The molecule has 92 valence electrons. The first-order chi connectivity index (χ1) is 7.90. The zero-order valence-electron chi connectivity index (χ0n) is 8.83. The minimum atomic E-state index is -4.34. The minimum absolute atomic E-state index is 0.0530. The van der Waals surface area contributed by atoms with Gasteiger partial charge in [-0.05, 0) is 30.5 Å². The Morgan fingerprint density at radius 3 is 2.12 bits per heavy atom. The number of hydrogen-bond acceptors (Lipinski definition) is 2. The van der Waals surface area contributed by atoms with Crippen LogP contribution >= 0.6 is 0 Å². The molecule has 0 aromatic heterocycles. The van der Waals surface area contributed by atoms with E-state index >= 15 is 0 Å². The second-order valence-corrected chi connectivity index (χ2v) is 4.14. The van der Waals surface area contributed by atoms with Crippen LogP contribution in [0.25, 0.3) is 0 Å². The molecule has 0 bridgehead atoms. The van der Waals surface area contributed by atoms with Gasteiger partial charge in [0, 0.05) is 0 Å². The SMILES string of the molecule is NC(=NO)C1(c2ccc(C(F)(F)F)cc2)CC1. The number of alkyl halides is 3. The van der Waals surface area contributed by atoms with E-state index in [1.807, 2.05) is 0 Å². The molecule has 1 fully saturated rings. The van der Waals surface area contributed by atoms with Gasteiger partial charge in [0.2, 0.25) is 0 Å². The molecule has 0 saturated heterocycles. The third kappa shape index (κ3) is 1.94. The first kappa shape index (κ1) is 11.8. The van der Waals surface area contributed by atoms with E-state index in [0.717, 1.165) is 12.1 Å². The molecule has 1 aromatic rings. The van der Waals surface area contributed by atoms with Crippen molar-refractivity contribution in [2.45, 2.75) is 24.4 Å². The first-order valence-electron chi connectivity index (χ1n) is 5.06. The summed E-state index contributed by atoms with van der Waals surface area (Å²) in [4.78, 5) is 0. The van der Waals surface area contributed by atoms with Crippen molar-refractivity contribution in [1.29, 1.82) is 0 Å². The molecule has 0 aliphatic heterocycles. The van der Waals surface area contributed by atoms with Crippen molar-refractivity contribution in [3.63, 3.8) is 0 Å². The lowest BCUT2D eigenvalue weighted by molar-refractivity contribution is -0.137. The van der Waals surface area contributed by atoms with Crippen molar-refractivity contribution in [1.82, 2.24) is 0 Å². The Bertz CT molecular complexity index is 447. The largest absolute Gasteiger partial charge is 0.416 e. The summed E-state index contributed by atoms with van der Waals surface area (Å²) >= 11 is 0. The van der Waals surface area contributed by atoms with Crippen LogP contribution in [0.5, 0.6) is 0 Å². The van der Waals surface area contributed by atoms with Crippen molar-refractivity contribution >= 4 is 5.84 Å². The highest BCUT2D eigenvalue weighted by Crippen LogP contribution is 2.48. The molecule has 2 rings (SSSR count). The predicted molar refractivity (Wildman–Crippen MR) is 55.8 cm³/mol. The van der Waals surface area contributed by atoms with Crippen molar-refractivity contribution < 1.29 is 18.4 Å². The molecular weight excluding hydrogens is 233 g/mol. The lowest BCUT2D eigenvalue weighted by atomic mass is 9.94. The lowest BCUT2D eigenvalue weighted by Gasteiger charge is -2.15. The number of hydrogen-bond donors (Lipinski definition) is 2. The summed E-state index contributed by atoms with van der Waals surface area (Å²) in [6.07, 6.45) is -2.96. The van der Waals surface area contributed by atoms with Crippen LogP contribution < -0.4 is 5.73 Å². The van der Waals surface area contributed by atoms with Crippen LogP contribution in [0.1, 0.15) is 24.0 Å². The van der Waals surface area contributed by atoms with Crippen LogP contribution in [0.2, 0.25) is 0 Å². The summed E-state index contributed by atoms with van der Waals surface area (Å²) in [6.45, 7) is 0. The summed E-state index contributed by atoms with van der Waals surface area (Å²) in [5.41, 5.74) is 4.93. The van der Waals surface area contributed by atoms with E-state index in [0.29, 0.717) is 18.4 Å². The van der Waals surface area contributed by atoms with E-state index in [1.165, 1.54) is 12.1 Å². The molecule has 1 aromatic carbocycles.